The van der Waals surface area contributed by atoms with Gasteiger partial charge in [-0.2, -0.15) is 0 Å². The summed E-state index contributed by atoms with van der Waals surface area (Å²) >= 11 is 10.8. The molecule has 0 atom stereocenters. The van der Waals surface area contributed by atoms with E-state index in [4.69, 9.17) is 32.7 Å². The van der Waals surface area contributed by atoms with Crippen molar-refractivity contribution in [2.75, 3.05) is 13.2 Å². The SMILES string of the molecule is CC/C=C/CCOC(=O)CCCC(=O)OCC(Cl)Cl. The van der Waals surface area contributed by atoms with E-state index < -0.39 is 10.8 Å². The van der Waals surface area contributed by atoms with Gasteiger partial charge in [0.15, 0.2) is 0 Å². The molecule has 110 valence electrons. The van der Waals surface area contributed by atoms with Gasteiger partial charge in [0, 0.05) is 12.8 Å². The lowest BCUT2D eigenvalue weighted by Crippen LogP contribution is -2.11. The summed E-state index contributed by atoms with van der Waals surface area (Å²) in [6.45, 7) is 2.38. The van der Waals surface area contributed by atoms with E-state index in [9.17, 15) is 9.59 Å². The molecule has 0 rings (SSSR count). The van der Waals surface area contributed by atoms with Crippen LogP contribution in [0.4, 0.5) is 0 Å². The van der Waals surface area contributed by atoms with E-state index in [2.05, 4.69) is 0 Å². The zero-order chi connectivity index (χ0) is 14.5. The lowest BCUT2D eigenvalue weighted by atomic mass is 10.2. The minimum Gasteiger partial charge on any atom is -0.465 e. The molecule has 19 heavy (non-hydrogen) atoms. The lowest BCUT2D eigenvalue weighted by molar-refractivity contribution is -0.145. The normalized spacial score (nSPS) is 10.9. The van der Waals surface area contributed by atoms with Gasteiger partial charge in [-0.25, -0.2) is 0 Å². The fraction of sp³-hybridized carbons (Fsp3) is 0.692. The molecule has 0 radical (unpaired) electrons. The summed E-state index contributed by atoms with van der Waals surface area (Å²) in [6, 6.07) is 0. The van der Waals surface area contributed by atoms with Crippen molar-refractivity contribution in [1.29, 1.82) is 0 Å². The molecule has 0 N–H and O–H groups in total. The first-order valence-corrected chi connectivity index (χ1v) is 7.18. The highest BCUT2D eigenvalue weighted by Gasteiger charge is 2.08. The number of halogens is 2. The summed E-state index contributed by atoms with van der Waals surface area (Å²) in [6.07, 6.45) is 6.45. The molecule has 4 nitrogen and oxygen atoms in total. The number of carbonyl (C=O) groups is 2. The van der Waals surface area contributed by atoms with Gasteiger partial charge in [0.05, 0.1) is 6.61 Å². The van der Waals surface area contributed by atoms with Gasteiger partial charge in [-0.3, -0.25) is 9.59 Å². The average Bonchev–Trinajstić information content (AvgIpc) is 2.36. The predicted octanol–water partition coefficient (Wildman–Crippen LogP) is 3.40. The van der Waals surface area contributed by atoms with Crippen molar-refractivity contribution in [3.05, 3.63) is 12.2 Å². The van der Waals surface area contributed by atoms with Crippen molar-refractivity contribution in [2.45, 2.75) is 43.9 Å². The molecule has 0 fully saturated rings. The Morgan fingerprint density at radius 2 is 1.74 bits per heavy atom. The van der Waals surface area contributed by atoms with Gasteiger partial charge in [0.25, 0.3) is 0 Å². The van der Waals surface area contributed by atoms with Gasteiger partial charge in [-0.1, -0.05) is 19.1 Å². The largest absolute Gasteiger partial charge is 0.465 e. The van der Waals surface area contributed by atoms with E-state index in [1.807, 2.05) is 19.1 Å². The van der Waals surface area contributed by atoms with E-state index in [0.29, 0.717) is 19.4 Å². The van der Waals surface area contributed by atoms with E-state index in [-0.39, 0.29) is 25.4 Å². The molecule has 0 heterocycles. The molecular weight excluding hydrogens is 291 g/mol. The van der Waals surface area contributed by atoms with E-state index in [0.717, 1.165) is 6.42 Å². The third kappa shape index (κ3) is 13.5. The van der Waals surface area contributed by atoms with Crippen LogP contribution >= 0.6 is 23.2 Å². The summed E-state index contributed by atoms with van der Waals surface area (Å²) in [5.41, 5.74) is 0. The molecular formula is C13H20Cl2O4. The Balaban J connectivity index is 3.47. The second-order valence-electron chi connectivity index (χ2n) is 3.82. The van der Waals surface area contributed by atoms with Crippen molar-refractivity contribution < 1.29 is 19.1 Å². The van der Waals surface area contributed by atoms with Gasteiger partial charge in [0.2, 0.25) is 0 Å². The van der Waals surface area contributed by atoms with Crippen LogP contribution in [0.3, 0.4) is 0 Å². The summed E-state index contributed by atoms with van der Waals surface area (Å²) in [4.78, 5) is 21.7. The number of allylic oxidation sites excluding steroid dienone is 1. The van der Waals surface area contributed by atoms with Crippen LogP contribution in [0, 0.1) is 0 Å². The summed E-state index contributed by atoms with van der Waals surface area (Å²) in [7, 11) is 0. The topological polar surface area (TPSA) is 52.6 Å². The fourth-order valence-corrected chi connectivity index (χ4v) is 1.33. The Labute approximate surface area is 124 Å². The molecule has 0 bridgehead atoms. The highest BCUT2D eigenvalue weighted by molar-refractivity contribution is 6.44. The number of rotatable bonds is 10. The number of hydrogen-bond acceptors (Lipinski definition) is 4. The first kappa shape index (κ1) is 18.3. The number of alkyl halides is 2. The van der Waals surface area contributed by atoms with Crippen LogP contribution in [0.5, 0.6) is 0 Å². The second kappa shape index (κ2) is 12.3. The molecule has 0 aliphatic carbocycles. The highest BCUT2D eigenvalue weighted by Crippen LogP contribution is 2.05. The summed E-state index contributed by atoms with van der Waals surface area (Å²) in [5, 5.41) is 0. The molecule has 0 amide bonds. The molecule has 0 aromatic heterocycles. The van der Waals surface area contributed by atoms with Gasteiger partial charge in [0.1, 0.15) is 11.4 Å². The first-order chi connectivity index (χ1) is 9.06. The molecule has 0 spiro atoms. The lowest BCUT2D eigenvalue weighted by Gasteiger charge is -2.05. The third-order valence-electron chi connectivity index (χ3n) is 2.08. The Morgan fingerprint density at radius 3 is 2.32 bits per heavy atom. The Morgan fingerprint density at radius 1 is 1.11 bits per heavy atom. The van der Waals surface area contributed by atoms with E-state index in [1.165, 1.54) is 0 Å². The number of carbonyl (C=O) groups excluding carboxylic acids is 2. The van der Waals surface area contributed by atoms with Crippen LogP contribution in [0.1, 0.15) is 39.0 Å². The van der Waals surface area contributed by atoms with Gasteiger partial charge in [-0.15, -0.1) is 23.2 Å². The minimum absolute atomic E-state index is 0.0316. The number of esters is 2. The monoisotopic (exact) mass is 310 g/mol. The Bertz CT molecular complexity index is 290. The van der Waals surface area contributed by atoms with Crippen LogP contribution in [0.25, 0.3) is 0 Å². The molecule has 6 heteroatoms. The van der Waals surface area contributed by atoms with Crippen LogP contribution in [0.15, 0.2) is 12.2 Å². The number of hydrogen-bond donors (Lipinski definition) is 0. The Hall–Kier alpha value is -0.740. The maximum atomic E-state index is 11.3. The quantitative estimate of drug-likeness (QED) is 0.268. The maximum Gasteiger partial charge on any atom is 0.305 e. The van der Waals surface area contributed by atoms with Gasteiger partial charge >= 0.3 is 11.9 Å². The minimum atomic E-state index is -0.718. The predicted molar refractivity (Wildman–Crippen MR) is 75.3 cm³/mol. The van der Waals surface area contributed by atoms with Crippen molar-refractivity contribution in [3.63, 3.8) is 0 Å². The van der Waals surface area contributed by atoms with Crippen LogP contribution in [-0.4, -0.2) is 30.0 Å². The molecule has 0 saturated heterocycles. The molecule has 0 aromatic rings. The van der Waals surface area contributed by atoms with E-state index in [1.54, 1.807) is 0 Å². The second-order valence-corrected chi connectivity index (χ2v) is 5.09. The molecule has 0 aliphatic rings. The van der Waals surface area contributed by atoms with Gasteiger partial charge < -0.3 is 9.47 Å². The highest BCUT2D eigenvalue weighted by atomic mass is 35.5. The van der Waals surface area contributed by atoms with Crippen molar-refractivity contribution in [3.8, 4) is 0 Å². The fourth-order valence-electron chi connectivity index (χ4n) is 1.20. The smallest absolute Gasteiger partial charge is 0.305 e. The van der Waals surface area contributed by atoms with Crippen LogP contribution < -0.4 is 0 Å². The Kier molecular flexibility index (Phi) is 11.8. The summed E-state index contributed by atoms with van der Waals surface area (Å²) < 4.78 is 9.73. The van der Waals surface area contributed by atoms with E-state index >= 15 is 0 Å². The molecule has 0 aliphatic heterocycles. The van der Waals surface area contributed by atoms with Crippen molar-refractivity contribution in [2.24, 2.45) is 0 Å². The number of ether oxygens (including phenoxy) is 2. The zero-order valence-corrected chi connectivity index (χ0v) is 12.6. The van der Waals surface area contributed by atoms with Gasteiger partial charge in [-0.05, 0) is 19.3 Å². The average molecular weight is 311 g/mol. The maximum absolute atomic E-state index is 11.3. The molecule has 0 saturated carbocycles. The molecule has 0 unspecified atom stereocenters. The van der Waals surface area contributed by atoms with Crippen LogP contribution in [-0.2, 0) is 19.1 Å². The third-order valence-corrected chi connectivity index (χ3v) is 2.33. The van der Waals surface area contributed by atoms with Crippen LogP contribution in [0.2, 0.25) is 0 Å². The zero-order valence-electron chi connectivity index (χ0n) is 11.1. The standard InChI is InChI=1S/C13H20Cl2O4/c1-2-3-4-5-9-18-12(16)7-6-8-13(17)19-10-11(14)15/h3-4,11H,2,5-10H2,1H3/b4-3+. The molecule has 0 aromatic carbocycles. The van der Waals surface area contributed by atoms with Crippen molar-refractivity contribution in [1.82, 2.24) is 0 Å². The first-order valence-electron chi connectivity index (χ1n) is 6.30. The van der Waals surface area contributed by atoms with Crippen molar-refractivity contribution >= 4 is 35.1 Å². The summed E-state index contributed by atoms with van der Waals surface area (Å²) in [5.74, 6) is -0.713.